The van der Waals surface area contributed by atoms with Crippen LogP contribution in [-0.2, 0) is 0 Å². The van der Waals surface area contributed by atoms with Crippen molar-refractivity contribution in [3.63, 3.8) is 0 Å². The molecule has 0 radical (unpaired) electrons. The van der Waals surface area contributed by atoms with E-state index in [-0.39, 0.29) is 16.9 Å². The molecule has 0 heterocycles. The number of amides is 2. The first-order valence-electron chi connectivity index (χ1n) is 5.33. The molecule has 0 aromatic heterocycles. The average molecular weight is 291 g/mol. The summed E-state index contributed by atoms with van der Waals surface area (Å²) in [4.78, 5) is 23.3. The van der Waals surface area contributed by atoms with Crippen LogP contribution in [0.4, 0.5) is 29.3 Å². The van der Waals surface area contributed by atoms with Gasteiger partial charge in [0.1, 0.15) is 6.54 Å². The van der Waals surface area contributed by atoms with E-state index in [1.54, 1.807) is 5.32 Å². The van der Waals surface area contributed by atoms with Crippen LogP contribution in [0.5, 0.6) is 0 Å². The van der Waals surface area contributed by atoms with Crippen molar-refractivity contribution >= 4 is 23.4 Å². The molecule has 0 fully saturated rings. The molecule has 0 aliphatic heterocycles. The standard InChI is InChI=1S/C11H12F3N3O3/c1-17(10(20)16-5-11(12,13)14)8-3-2-6(15)4-7(8)9(18)19/h2-4H,5,15H2,1H3,(H,16,20)(H,18,19). The van der Waals surface area contributed by atoms with Gasteiger partial charge in [-0.3, -0.25) is 4.90 Å². The smallest absolute Gasteiger partial charge is 0.405 e. The summed E-state index contributed by atoms with van der Waals surface area (Å²) in [5.41, 5.74) is 5.24. The SMILES string of the molecule is CN(C(=O)NCC(F)(F)F)c1ccc(N)cc1C(=O)O. The molecule has 2 amide bonds. The molecule has 20 heavy (non-hydrogen) atoms. The van der Waals surface area contributed by atoms with Crippen molar-refractivity contribution in [1.82, 2.24) is 5.32 Å². The third kappa shape index (κ3) is 4.04. The molecular formula is C11H12F3N3O3. The number of urea groups is 1. The number of carboxylic acid groups (broad SMARTS) is 1. The second-order valence-corrected chi connectivity index (χ2v) is 3.91. The predicted octanol–water partition coefficient (Wildman–Crippen LogP) is 1.68. The van der Waals surface area contributed by atoms with Crippen molar-refractivity contribution in [3.05, 3.63) is 23.8 Å². The summed E-state index contributed by atoms with van der Waals surface area (Å²) in [6.45, 7) is -1.51. The van der Waals surface area contributed by atoms with Gasteiger partial charge in [0.25, 0.3) is 0 Å². The molecule has 0 atom stereocenters. The van der Waals surface area contributed by atoms with Gasteiger partial charge in [0.15, 0.2) is 0 Å². The number of anilines is 2. The fourth-order valence-electron chi connectivity index (χ4n) is 1.42. The van der Waals surface area contributed by atoms with Crippen LogP contribution in [0.25, 0.3) is 0 Å². The maximum Gasteiger partial charge on any atom is 0.405 e. The molecule has 1 aromatic rings. The van der Waals surface area contributed by atoms with Crippen molar-refractivity contribution < 1.29 is 27.9 Å². The second kappa shape index (κ2) is 5.68. The Morgan fingerprint density at radius 2 is 2.00 bits per heavy atom. The maximum absolute atomic E-state index is 12.0. The number of hydrogen-bond donors (Lipinski definition) is 3. The van der Waals surface area contributed by atoms with Crippen molar-refractivity contribution in [3.8, 4) is 0 Å². The van der Waals surface area contributed by atoms with E-state index in [1.807, 2.05) is 0 Å². The third-order valence-corrected chi connectivity index (χ3v) is 2.36. The molecule has 1 rings (SSSR count). The number of carbonyl (C=O) groups is 2. The lowest BCUT2D eigenvalue weighted by Gasteiger charge is -2.20. The number of carboxylic acids is 1. The van der Waals surface area contributed by atoms with E-state index < -0.39 is 24.7 Å². The first-order chi connectivity index (χ1) is 9.11. The van der Waals surface area contributed by atoms with Gasteiger partial charge in [0, 0.05) is 12.7 Å². The van der Waals surface area contributed by atoms with Crippen LogP contribution < -0.4 is 16.0 Å². The first-order valence-corrected chi connectivity index (χ1v) is 5.33. The molecule has 9 heteroatoms. The quantitative estimate of drug-likeness (QED) is 0.738. The maximum atomic E-state index is 12.0. The van der Waals surface area contributed by atoms with E-state index in [1.165, 1.54) is 12.1 Å². The van der Waals surface area contributed by atoms with Crippen molar-refractivity contribution in [1.29, 1.82) is 0 Å². The van der Waals surface area contributed by atoms with Gasteiger partial charge < -0.3 is 16.2 Å². The zero-order valence-corrected chi connectivity index (χ0v) is 10.4. The summed E-state index contributed by atoms with van der Waals surface area (Å²) < 4.78 is 36.0. The lowest BCUT2D eigenvalue weighted by Crippen LogP contribution is -2.42. The zero-order chi connectivity index (χ0) is 15.5. The Balaban J connectivity index is 2.94. The molecule has 0 unspecified atom stereocenters. The van der Waals surface area contributed by atoms with Crippen LogP contribution in [0.1, 0.15) is 10.4 Å². The molecular weight excluding hydrogens is 279 g/mol. The molecule has 0 bridgehead atoms. The van der Waals surface area contributed by atoms with Crippen molar-refractivity contribution in [2.45, 2.75) is 6.18 Å². The molecule has 0 aliphatic rings. The lowest BCUT2D eigenvalue weighted by atomic mass is 10.1. The first kappa shape index (κ1) is 15.6. The molecule has 0 saturated carbocycles. The molecule has 0 saturated heterocycles. The molecule has 0 aliphatic carbocycles. The van der Waals surface area contributed by atoms with E-state index in [2.05, 4.69) is 0 Å². The molecule has 1 aromatic carbocycles. The third-order valence-electron chi connectivity index (χ3n) is 2.36. The van der Waals surface area contributed by atoms with Gasteiger partial charge in [-0.2, -0.15) is 13.2 Å². The Hall–Kier alpha value is -2.45. The Morgan fingerprint density at radius 3 is 2.50 bits per heavy atom. The number of nitrogens with zero attached hydrogens (tertiary/aromatic N) is 1. The van der Waals surface area contributed by atoms with E-state index in [0.717, 1.165) is 18.0 Å². The summed E-state index contributed by atoms with van der Waals surface area (Å²) >= 11 is 0. The Morgan fingerprint density at radius 1 is 1.40 bits per heavy atom. The number of rotatable bonds is 3. The highest BCUT2D eigenvalue weighted by Crippen LogP contribution is 2.22. The van der Waals surface area contributed by atoms with Gasteiger partial charge in [-0.25, -0.2) is 9.59 Å². The number of benzene rings is 1. The largest absolute Gasteiger partial charge is 0.478 e. The predicted molar refractivity (Wildman–Crippen MR) is 65.7 cm³/mol. The molecule has 4 N–H and O–H groups in total. The molecule has 0 spiro atoms. The summed E-state index contributed by atoms with van der Waals surface area (Å²) in [6.07, 6.45) is -4.55. The summed E-state index contributed by atoms with van der Waals surface area (Å²) in [7, 11) is 1.16. The topological polar surface area (TPSA) is 95.7 Å². The summed E-state index contributed by atoms with van der Waals surface area (Å²) in [5, 5.41) is 10.6. The van der Waals surface area contributed by atoms with Crippen LogP contribution in [0.2, 0.25) is 0 Å². The van der Waals surface area contributed by atoms with Gasteiger partial charge in [0.2, 0.25) is 0 Å². The fourth-order valence-corrected chi connectivity index (χ4v) is 1.42. The van der Waals surface area contributed by atoms with Crippen LogP contribution in [0.15, 0.2) is 18.2 Å². The zero-order valence-electron chi connectivity index (χ0n) is 10.4. The van der Waals surface area contributed by atoms with Crippen LogP contribution in [-0.4, -0.2) is 36.9 Å². The monoisotopic (exact) mass is 291 g/mol. The Labute approximate surface area is 112 Å². The minimum absolute atomic E-state index is 0.0635. The number of aromatic carboxylic acids is 1. The van der Waals surface area contributed by atoms with E-state index in [4.69, 9.17) is 10.8 Å². The second-order valence-electron chi connectivity index (χ2n) is 3.91. The minimum Gasteiger partial charge on any atom is -0.478 e. The number of nitrogens with two attached hydrogens (primary N) is 1. The van der Waals surface area contributed by atoms with Crippen molar-refractivity contribution in [2.24, 2.45) is 0 Å². The highest BCUT2D eigenvalue weighted by atomic mass is 19.4. The number of nitrogens with one attached hydrogen (secondary N) is 1. The van der Waals surface area contributed by atoms with Crippen LogP contribution in [0.3, 0.4) is 0 Å². The highest BCUT2D eigenvalue weighted by Gasteiger charge is 2.29. The van der Waals surface area contributed by atoms with Gasteiger partial charge in [-0.1, -0.05) is 0 Å². The van der Waals surface area contributed by atoms with Crippen LogP contribution in [0, 0.1) is 0 Å². The van der Waals surface area contributed by atoms with E-state index >= 15 is 0 Å². The number of carbonyl (C=O) groups excluding carboxylic acids is 1. The summed E-state index contributed by atoms with van der Waals surface area (Å²) in [5.74, 6) is -1.34. The van der Waals surface area contributed by atoms with Crippen LogP contribution >= 0.6 is 0 Å². The normalized spacial score (nSPS) is 11.0. The van der Waals surface area contributed by atoms with Gasteiger partial charge in [0.05, 0.1) is 11.3 Å². The van der Waals surface area contributed by atoms with Gasteiger partial charge in [-0.05, 0) is 18.2 Å². The molecule has 6 nitrogen and oxygen atoms in total. The number of hydrogen-bond acceptors (Lipinski definition) is 3. The van der Waals surface area contributed by atoms with E-state index in [0.29, 0.717) is 0 Å². The Bertz CT molecular complexity index is 531. The Kier molecular flexibility index (Phi) is 4.43. The van der Waals surface area contributed by atoms with Gasteiger partial charge in [-0.15, -0.1) is 0 Å². The number of alkyl halides is 3. The number of nitrogen functional groups attached to an aromatic ring is 1. The fraction of sp³-hybridized carbons (Fsp3) is 0.273. The number of halogens is 3. The highest BCUT2D eigenvalue weighted by molar-refractivity contribution is 6.01. The lowest BCUT2D eigenvalue weighted by molar-refractivity contribution is -0.122. The molecule has 110 valence electrons. The minimum atomic E-state index is -4.55. The average Bonchev–Trinajstić information content (AvgIpc) is 2.34. The van der Waals surface area contributed by atoms with Gasteiger partial charge >= 0.3 is 18.2 Å². The van der Waals surface area contributed by atoms with E-state index in [9.17, 15) is 22.8 Å². The van der Waals surface area contributed by atoms with Crippen molar-refractivity contribution in [2.75, 3.05) is 24.2 Å². The summed E-state index contributed by atoms with van der Waals surface area (Å²) in [6, 6.07) is 2.63.